The van der Waals surface area contributed by atoms with Crippen molar-refractivity contribution in [2.24, 2.45) is 11.1 Å². The second-order valence-corrected chi connectivity index (χ2v) is 10.2. The molecule has 0 aliphatic heterocycles. The van der Waals surface area contributed by atoms with E-state index in [0.29, 0.717) is 17.7 Å². The molecule has 3 rings (SSSR count). The summed E-state index contributed by atoms with van der Waals surface area (Å²) < 4.78 is 5.18. The largest absolute Gasteiger partial charge is 0.481 e. The van der Waals surface area contributed by atoms with Crippen LogP contribution in [0.15, 0.2) is 54.6 Å². The molecule has 7 N–H and O–H groups in total. The lowest BCUT2D eigenvalue weighted by Crippen LogP contribution is -2.44. The van der Waals surface area contributed by atoms with Crippen molar-refractivity contribution in [2.45, 2.75) is 33.2 Å². The Hall–Kier alpha value is -4.77. The van der Waals surface area contributed by atoms with E-state index in [9.17, 15) is 24.6 Å². The van der Waals surface area contributed by atoms with Gasteiger partial charge in [0.2, 0.25) is 5.88 Å². The number of nitrogens with one attached hydrogen (secondary N) is 3. The molecule has 1 aromatic heterocycles. The first kappa shape index (κ1) is 29.8. The second-order valence-electron chi connectivity index (χ2n) is 10.2. The minimum atomic E-state index is -1.30. The predicted octanol–water partition coefficient (Wildman–Crippen LogP) is 3.52. The Morgan fingerprint density at radius 3 is 2.17 bits per heavy atom. The van der Waals surface area contributed by atoms with E-state index < -0.39 is 17.8 Å². The number of carboxylic acids is 1. The molecule has 11 nitrogen and oxygen atoms in total. The molecular formula is C29H33N5O6. The van der Waals surface area contributed by atoms with Gasteiger partial charge in [-0.15, -0.1) is 0 Å². The number of rotatable bonds is 10. The zero-order valence-electron chi connectivity index (χ0n) is 22.7. The number of nitrogens with two attached hydrogens (primary N) is 1. The molecule has 0 unspecified atom stereocenters. The van der Waals surface area contributed by atoms with E-state index in [0.717, 1.165) is 0 Å². The van der Waals surface area contributed by atoms with E-state index >= 15 is 0 Å². The van der Waals surface area contributed by atoms with Crippen LogP contribution in [0.25, 0.3) is 11.1 Å². The first-order valence-electron chi connectivity index (χ1n) is 12.5. The summed E-state index contributed by atoms with van der Waals surface area (Å²) in [4.78, 5) is 42.9. The van der Waals surface area contributed by atoms with Gasteiger partial charge in [0.25, 0.3) is 11.8 Å². The van der Waals surface area contributed by atoms with E-state index in [1.54, 1.807) is 24.3 Å². The van der Waals surface area contributed by atoms with E-state index in [1.807, 2.05) is 20.8 Å². The van der Waals surface area contributed by atoms with Crippen LogP contribution in [0.4, 0.5) is 5.69 Å². The molecule has 0 saturated carbocycles. The molecule has 0 saturated heterocycles. The first-order chi connectivity index (χ1) is 18.8. The van der Waals surface area contributed by atoms with Crippen molar-refractivity contribution in [2.75, 3.05) is 19.0 Å². The normalized spacial score (nSPS) is 11.8. The number of carbonyl (C=O) groups excluding carboxylic acids is 2. The number of hydrogen-bond acceptors (Lipinski definition) is 7. The quantitative estimate of drug-likeness (QED) is 0.164. The number of pyridine rings is 1. The van der Waals surface area contributed by atoms with Gasteiger partial charge < -0.3 is 31.3 Å². The fourth-order valence-electron chi connectivity index (χ4n) is 4.06. The van der Waals surface area contributed by atoms with Crippen molar-refractivity contribution in [3.8, 4) is 17.0 Å². The lowest BCUT2D eigenvalue weighted by molar-refractivity contribution is 0.0697. The van der Waals surface area contributed by atoms with Crippen molar-refractivity contribution in [1.82, 2.24) is 10.3 Å². The molecule has 0 aliphatic rings. The Bertz CT molecular complexity index is 1430. The highest BCUT2D eigenvalue weighted by Gasteiger charge is 2.27. The van der Waals surface area contributed by atoms with Gasteiger partial charge in [0.15, 0.2) is 0 Å². The third-order valence-electron chi connectivity index (χ3n) is 6.32. The number of aromatic nitrogens is 1. The highest BCUT2D eigenvalue weighted by Crippen LogP contribution is 2.30. The van der Waals surface area contributed by atoms with Gasteiger partial charge in [-0.2, -0.15) is 0 Å². The molecule has 0 bridgehead atoms. The van der Waals surface area contributed by atoms with Crippen LogP contribution in [0.1, 0.15) is 64.0 Å². The molecule has 1 heterocycles. The van der Waals surface area contributed by atoms with Crippen LogP contribution in [-0.4, -0.2) is 58.6 Å². The number of amides is 2. The summed E-state index contributed by atoms with van der Waals surface area (Å²) in [5, 5.41) is 32.5. The molecule has 2 aromatic carbocycles. The molecular weight excluding hydrogens is 514 g/mol. The fraction of sp³-hybridized carbons (Fsp3) is 0.276. The second kappa shape index (κ2) is 12.4. The molecule has 11 heteroatoms. The molecule has 1 atom stereocenters. The minimum absolute atomic E-state index is 0.0922. The third-order valence-corrected chi connectivity index (χ3v) is 6.32. The van der Waals surface area contributed by atoms with Crippen LogP contribution in [0.3, 0.4) is 0 Å². The lowest BCUT2D eigenvalue weighted by Gasteiger charge is -2.31. The van der Waals surface area contributed by atoms with Crippen LogP contribution < -0.4 is 21.1 Å². The summed E-state index contributed by atoms with van der Waals surface area (Å²) in [6.45, 7) is 5.68. The molecule has 40 heavy (non-hydrogen) atoms. The summed E-state index contributed by atoms with van der Waals surface area (Å²) in [7, 11) is 1.39. The summed E-state index contributed by atoms with van der Waals surface area (Å²) >= 11 is 0. The van der Waals surface area contributed by atoms with Crippen molar-refractivity contribution in [3.05, 3.63) is 77.0 Å². The van der Waals surface area contributed by atoms with Crippen LogP contribution >= 0.6 is 0 Å². The number of ether oxygens (including phenoxy) is 1. The van der Waals surface area contributed by atoms with Gasteiger partial charge in [0.05, 0.1) is 12.7 Å². The molecule has 0 spiro atoms. The van der Waals surface area contributed by atoms with E-state index in [-0.39, 0.29) is 57.7 Å². The van der Waals surface area contributed by atoms with Crippen LogP contribution in [-0.2, 0) is 0 Å². The number of nitrogens with zero attached hydrogens (tertiary/aromatic N) is 1. The maximum Gasteiger partial charge on any atom is 0.336 e. The predicted molar refractivity (Wildman–Crippen MR) is 151 cm³/mol. The number of aromatic carboxylic acids is 1. The number of carbonyl (C=O) groups is 3. The number of methoxy groups -OCH3 is 1. The van der Waals surface area contributed by atoms with Gasteiger partial charge in [0, 0.05) is 41.1 Å². The molecule has 210 valence electrons. The smallest absolute Gasteiger partial charge is 0.336 e. The SMILES string of the molecule is COc1ccc(-c2ccc(C(=O)N[C@@H](CCO)C(C)(C)C)cc2C(=O)O)c(C(=O)Nc2ccc(C(=N)N)cc2)n1. The Morgan fingerprint density at radius 1 is 1.00 bits per heavy atom. The Kier molecular flexibility index (Phi) is 9.23. The first-order valence-corrected chi connectivity index (χ1v) is 12.5. The van der Waals surface area contributed by atoms with Crippen LogP contribution in [0.5, 0.6) is 5.88 Å². The summed E-state index contributed by atoms with van der Waals surface area (Å²) in [5.74, 6) is -2.38. The van der Waals surface area contributed by atoms with Gasteiger partial charge in [-0.1, -0.05) is 26.8 Å². The lowest BCUT2D eigenvalue weighted by atomic mass is 9.84. The molecule has 0 fully saturated rings. The minimum Gasteiger partial charge on any atom is -0.481 e. The maximum atomic E-state index is 13.3. The van der Waals surface area contributed by atoms with Gasteiger partial charge in [-0.05, 0) is 59.9 Å². The number of aliphatic hydroxyl groups is 1. The van der Waals surface area contributed by atoms with Gasteiger partial charge in [-0.3, -0.25) is 15.0 Å². The highest BCUT2D eigenvalue weighted by molar-refractivity contribution is 6.10. The number of carboxylic acid groups (broad SMARTS) is 1. The molecule has 0 aliphatic carbocycles. The number of hydrogen-bond donors (Lipinski definition) is 6. The number of amidine groups is 1. The van der Waals surface area contributed by atoms with Gasteiger partial charge in [-0.25, -0.2) is 9.78 Å². The number of aliphatic hydroxyl groups excluding tert-OH is 1. The number of anilines is 1. The van der Waals surface area contributed by atoms with Crippen LogP contribution in [0, 0.1) is 10.8 Å². The zero-order valence-corrected chi connectivity index (χ0v) is 22.7. The number of benzene rings is 2. The van der Waals surface area contributed by atoms with Crippen molar-refractivity contribution < 1.29 is 29.3 Å². The fourth-order valence-corrected chi connectivity index (χ4v) is 4.06. The van der Waals surface area contributed by atoms with E-state index in [4.69, 9.17) is 15.9 Å². The van der Waals surface area contributed by atoms with Crippen LogP contribution in [0.2, 0.25) is 0 Å². The maximum absolute atomic E-state index is 13.3. The molecule has 0 radical (unpaired) electrons. The number of nitrogen functional groups attached to an aromatic ring is 1. The van der Waals surface area contributed by atoms with Crippen molar-refractivity contribution in [3.63, 3.8) is 0 Å². The van der Waals surface area contributed by atoms with Crippen molar-refractivity contribution in [1.29, 1.82) is 5.41 Å². The Labute approximate surface area is 231 Å². The highest BCUT2D eigenvalue weighted by atomic mass is 16.5. The Morgan fingerprint density at radius 2 is 1.62 bits per heavy atom. The zero-order chi connectivity index (χ0) is 29.6. The monoisotopic (exact) mass is 547 g/mol. The topological polar surface area (TPSA) is 188 Å². The summed E-state index contributed by atoms with van der Waals surface area (Å²) in [5.41, 5.74) is 6.27. The Balaban J connectivity index is 2.01. The average molecular weight is 548 g/mol. The summed E-state index contributed by atoms with van der Waals surface area (Å²) in [6.07, 6.45) is 0.340. The van der Waals surface area contributed by atoms with Gasteiger partial charge >= 0.3 is 5.97 Å². The molecule has 3 aromatic rings. The summed E-state index contributed by atoms with van der Waals surface area (Å²) in [6, 6.07) is 13.2. The standard InChI is InChI=1S/C29H33N5O6/c1-29(2,3)22(13-14-35)33-26(36)17-7-10-19(21(15-17)28(38)39)20-11-12-23(40-4)34-24(20)27(37)32-18-8-5-16(6-9-18)25(30)31/h5-12,15,22,35H,13-14H2,1-4H3,(H3,30,31)(H,32,37)(H,33,36)(H,38,39)/t22-/m0/s1. The van der Waals surface area contributed by atoms with E-state index in [1.165, 1.54) is 37.4 Å². The average Bonchev–Trinajstić information content (AvgIpc) is 2.91. The third kappa shape index (κ3) is 7.00. The van der Waals surface area contributed by atoms with E-state index in [2.05, 4.69) is 15.6 Å². The van der Waals surface area contributed by atoms with Crippen molar-refractivity contribution >= 4 is 29.3 Å². The molecule has 2 amide bonds. The van der Waals surface area contributed by atoms with Gasteiger partial charge in [0.1, 0.15) is 11.5 Å².